The number of carbonyl (C=O) groups is 4. The summed E-state index contributed by atoms with van der Waals surface area (Å²) in [7, 11) is -0.644. The number of halogens is 1. The quantitative estimate of drug-likeness (QED) is 0.181. The summed E-state index contributed by atoms with van der Waals surface area (Å²) in [4.78, 5) is 61.7. The molecule has 1 aliphatic heterocycles. The second-order valence-electron chi connectivity index (χ2n) is 11.3. The first-order valence-electron chi connectivity index (χ1n) is 14.7. The molecular weight excluding hydrogens is 686 g/mol. The van der Waals surface area contributed by atoms with E-state index in [0.29, 0.717) is 35.8 Å². The van der Waals surface area contributed by atoms with Crippen molar-refractivity contribution in [3.05, 3.63) is 68.8 Å². The molecule has 18 heteroatoms. The maximum Gasteiger partial charge on any atom is 0.314 e. The maximum atomic E-state index is 13.1. The molecule has 2 aliphatic rings. The molecule has 1 saturated carbocycles. The van der Waals surface area contributed by atoms with E-state index < -0.39 is 34.0 Å². The SMILES string of the molecule is CN(C)C(=O)C1CC[C@H](NC(=O)C(=O)Nc2ccc(Cl)cn2)C(NC(=O)c2nc3c(s2)CNCC3)C1.Cc1ccc(S(=O)(=O)O)cc1.O. The predicted molar refractivity (Wildman–Crippen MR) is 179 cm³/mol. The largest absolute Gasteiger partial charge is 0.412 e. The molecule has 3 aromatic rings. The van der Waals surface area contributed by atoms with Crippen LogP contribution in [0.4, 0.5) is 5.82 Å². The number of hydrogen-bond donors (Lipinski definition) is 5. The van der Waals surface area contributed by atoms with E-state index in [1.165, 1.54) is 40.6 Å². The number of aromatic nitrogens is 2. The van der Waals surface area contributed by atoms with Crippen LogP contribution in [0.15, 0.2) is 47.5 Å². The highest BCUT2D eigenvalue weighted by Crippen LogP contribution is 2.28. The van der Waals surface area contributed by atoms with E-state index in [2.05, 4.69) is 31.2 Å². The standard InChI is InChI=1S/C23H28ClN7O4S.C7H8O3S.H2O/c1-31(2)23(35)12-3-5-14(27-19(32)20(33)30-18-6-4-13(24)10-26-18)16(9-12)28-21(34)22-29-15-7-8-25-11-17(15)36-22;1-6-2-4-7(5-3-6)11(8,9)10;/h4,6,10,12,14,16,25H,3,5,7-9,11H2,1-2H3,(H,27,32)(H,28,34)(H,26,30,33);2-5H,1H3,(H,8,9,10);1H2/t12?,14-,16?;;/m0../s1. The molecule has 3 atom stereocenters. The van der Waals surface area contributed by atoms with Gasteiger partial charge in [0.1, 0.15) is 5.82 Å². The van der Waals surface area contributed by atoms with Crippen LogP contribution in [0.2, 0.25) is 5.02 Å². The van der Waals surface area contributed by atoms with Crippen LogP contribution in [0, 0.1) is 12.8 Å². The van der Waals surface area contributed by atoms with Gasteiger partial charge in [0.25, 0.3) is 16.0 Å². The highest BCUT2D eigenvalue weighted by atomic mass is 35.5. The van der Waals surface area contributed by atoms with Gasteiger partial charge in [-0.2, -0.15) is 8.42 Å². The van der Waals surface area contributed by atoms with Crippen molar-refractivity contribution in [2.75, 3.05) is 26.0 Å². The molecule has 1 aromatic carbocycles. The van der Waals surface area contributed by atoms with Gasteiger partial charge >= 0.3 is 11.8 Å². The van der Waals surface area contributed by atoms with Crippen LogP contribution in [-0.2, 0) is 37.5 Å². The molecule has 1 aliphatic carbocycles. The van der Waals surface area contributed by atoms with Crippen molar-refractivity contribution in [3.63, 3.8) is 0 Å². The van der Waals surface area contributed by atoms with Gasteiger partial charge in [-0.25, -0.2) is 9.97 Å². The highest BCUT2D eigenvalue weighted by Gasteiger charge is 2.37. The maximum absolute atomic E-state index is 13.1. The molecule has 5 rings (SSSR count). The molecule has 2 aromatic heterocycles. The number of anilines is 1. The Morgan fingerprint density at radius 1 is 1.02 bits per heavy atom. The second kappa shape index (κ2) is 16.9. The zero-order valence-corrected chi connectivity index (χ0v) is 28.8. The second-order valence-corrected chi connectivity index (χ2v) is 14.3. The number of pyridine rings is 1. The summed E-state index contributed by atoms with van der Waals surface area (Å²) in [5, 5.41) is 12.1. The Bertz CT molecular complexity index is 1690. The number of nitrogens with zero attached hydrogens (tertiary/aromatic N) is 3. The van der Waals surface area contributed by atoms with Crippen molar-refractivity contribution in [1.82, 2.24) is 30.8 Å². The monoisotopic (exact) mass is 723 g/mol. The fraction of sp³-hybridized carbons (Fsp3) is 0.400. The molecule has 260 valence electrons. The van der Waals surface area contributed by atoms with Crippen molar-refractivity contribution < 1.29 is 37.6 Å². The summed E-state index contributed by atoms with van der Waals surface area (Å²) in [6, 6.07) is 7.93. The van der Waals surface area contributed by atoms with E-state index in [4.69, 9.17) is 16.2 Å². The summed E-state index contributed by atoms with van der Waals surface area (Å²) in [5.74, 6) is -2.26. The minimum Gasteiger partial charge on any atom is -0.412 e. The molecule has 1 fully saturated rings. The van der Waals surface area contributed by atoms with E-state index in [1.807, 2.05) is 6.92 Å². The summed E-state index contributed by atoms with van der Waals surface area (Å²) in [6.07, 6.45) is 3.40. The summed E-state index contributed by atoms with van der Waals surface area (Å²) in [6.45, 7) is 3.34. The Labute approximate surface area is 286 Å². The van der Waals surface area contributed by atoms with Gasteiger partial charge in [0.15, 0.2) is 5.01 Å². The zero-order valence-electron chi connectivity index (χ0n) is 26.4. The van der Waals surface area contributed by atoms with Gasteiger partial charge in [-0.15, -0.1) is 11.3 Å². The van der Waals surface area contributed by atoms with E-state index in [1.54, 1.807) is 32.3 Å². The third-order valence-electron chi connectivity index (χ3n) is 7.56. The Kier molecular flexibility index (Phi) is 13.5. The van der Waals surface area contributed by atoms with Gasteiger partial charge in [-0.05, 0) is 50.5 Å². The first kappa shape index (κ1) is 38.4. The van der Waals surface area contributed by atoms with Crippen molar-refractivity contribution >= 4 is 62.5 Å². The Hall–Kier alpha value is -4.00. The molecule has 7 N–H and O–H groups in total. The van der Waals surface area contributed by atoms with Gasteiger partial charge in [0.2, 0.25) is 5.91 Å². The predicted octanol–water partition coefficient (Wildman–Crippen LogP) is 1.36. The minimum absolute atomic E-state index is 0. The molecular formula is C30H38ClN7O8S2. The molecule has 0 spiro atoms. The van der Waals surface area contributed by atoms with E-state index in [0.717, 1.165) is 29.1 Å². The fourth-order valence-corrected chi connectivity index (χ4v) is 6.68. The van der Waals surface area contributed by atoms with Gasteiger partial charge in [-0.3, -0.25) is 23.7 Å². The van der Waals surface area contributed by atoms with Crippen molar-refractivity contribution in [2.24, 2.45) is 5.92 Å². The van der Waals surface area contributed by atoms with E-state index in [9.17, 15) is 27.6 Å². The highest BCUT2D eigenvalue weighted by molar-refractivity contribution is 7.85. The molecule has 4 amide bonds. The minimum atomic E-state index is -4.02. The molecule has 2 unspecified atom stereocenters. The lowest BCUT2D eigenvalue weighted by atomic mass is 9.81. The van der Waals surface area contributed by atoms with Crippen LogP contribution in [0.25, 0.3) is 0 Å². The van der Waals surface area contributed by atoms with E-state index >= 15 is 0 Å². The summed E-state index contributed by atoms with van der Waals surface area (Å²) >= 11 is 7.14. The smallest absolute Gasteiger partial charge is 0.314 e. The van der Waals surface area contributed by atoms with Gasteiger partial charge in [0.05, 0.1) is 21.7 Å². The first-order valence-corrected chi connectivity index (χ1v) is 17.3. The average Bonchev–Trinajstić information content (AvgIpc) is 3.47. The van der Waals surface area contributed by atoms with Crippen molar-refractivity contribution in [2.45, 2.75) is 56.1 Å². The van der Waals surface area contributed by atoms with Crippen molar-refractivity contribution in [3.8, 4) is 0 Å². The summed E-state index contributed by atoms with van der Waals surface area (Å²) in [5.41, 5.74) is 1.88. The van der Waals surface area contributed by atoms with Crippen LogP contribution in [0.3, 0.4) is 0 Å². The molecule has 0 saturated heterocycles. The van der Waals surface area contributed by atoms with E-state index in [-0.39, 0.29) is 33.9 Å². The summed E-state index contributed by atoms with van der Waals surface area (Å²) < 4.78 is 29.6. The van der Waals surface area contributed by atoms with Crippen molar-refractivity contribution in [1.29, 1.82) is 0 Å². The first-order chi connectivity index (χ1) is 22.2. The van der Waals surface area contributed by atoms with Crippen LogP contribution in [-0.4, -0.2) is 89.7 Å². The lowest BCUT2D eigenvalue weighted by Gasteiger charge is -2.37. The van der Waals surface area contributed by atoms with Crippen LogP contribution >= 0.6 is 22.9 Å². The molecule has 3 heterocycles. The third-order valence-corrected chi connectivity index (χ3v) is 9.75. The Morgan fingerprint density at radius 3 is 2.33 bits per heavy atom. The Morgan fingerprint density at radius 2 is 1.73 bits per heavy atom. The Balaban J connectivity index is 0.000000443. The third kappa shape index (κ3) is 10.5. The zero-order chi connectivity index (χ0) is 34.3. The molecule has 0 radical (unpaired) electrons. The number of thiazole rings is 1. The number of benzene rings is 1. The van der Waals surface area contributed by atoms with Gasteiger partial charge < -0.3 is 31.6 Å². The number of aryl methyl sites for hydroxylation is 1. The number of carbonyl (C=O) groups excluding carboxylic acids is 4. The normalized spacial score (nSPS) is 18.5. The average molecular weight is 724 g/mol. The lowest BCUT2D eigenvalue weighted by molar-refractivity contribution is -0.137. The lowest BCUT2D eigenvalue weighted by Crippen LogP contribution is -2.57. The topological polar surface area (TPSA) is 231 Å². The molecule has 0 bridgehead atoms. The number of nitrogens with one attached hydrogen (secondary N) is 4. The van der Waals surface area contributed by atoms with Crippen LogP contribution in [0.5, 0.6) is 0 Å². The number of amides is 4. The van der Waals surface area contributed by atoms with Gasteiger partial charge in [-0.1, -0.05) is 29.3 Å². The van der Waals surface area contributed by atoms with Crippen LogP contribution in [0.1, 0.15) is 45.2 Å². The number of rotatable bonds is 6. The number of fused-ring (bicyclic) bond motifs is 1. The van der Waals surface area contributed by atoms with Gasteiger partial charge in [0, 0.05) is 56.6 Å². The molecule has 15 nitrogen and oxygen atoms in total. The number of hydrogen-bond acceptors (Lipinski definition) is 10. The van der Waals surface area contributed by atoms with Crippen LogP contribution < -0.4 is 21.3 Å². The fourth-order valence-electron chi connectivity index (χ4n) is 5.11. The molecule has 48 heavy (non-hydrogen) atoms.